The Bertz CT molecular complexity index is 918. The maximum Gasteiger partial charge on any atom is 0.196 e. The van der Waals surface area contributed by atoms with Crippen LogP contribution < -0.4 is 5.32 Å². The Balaban J connectivity index is 1.99. The lowest BCUT2D eigenvalue weighted by Crippen LogP contribution is -2.02. The number of anilines is 2. The standard InChI is InChI=1S/C16H8ClF4N3/c17-12-7-13(22-11-5-4-10(19)14(20)15(11)21)24-16(23-12)8-2-1-3-9(18)6-8/h1-7H,(H,22,23,24). The molecule has 0 spiro atoms. The topological polar surface area (TPSA) is 37.8 Å². The van der Waals surface area contributed by atoms with E-state index in [0.717, 1.165) is 12.1 Å². The first-order valence-electron chi connectivity index (χ1n) is 6.65. The van der Waals surface area contributed by atoms with Crippen molar-refractivity contribution in [2.24, 2.45) is 0 Å². The van der Waals surface area contributed by atoms with Crippen LogP contribution in [0.1, 0.15) is 0 Å². The van der Waals surface area contributed by atoms with Crippen molar-refractivity contribution >= 4 is 23.1 Å². The molecule has 0 bridgehead atoms. The van der Waals surface area contributed by atoms with Crippen molar-refractivity contribution in [3.63, 3.8) is 0 Å². The molecule has 0 saturated heterocycles. The maximum absolute atomic E-state index is 13.7. The molecule has 0 aliphatic rings. The molecule has 0 aliphatic heterocycles. The van der Waals surface area contributed by atoms with Gasteiger partial charge in [-0.3, -0.25) is 0 Å². The first-order valence-corrected chi connectivity index (χ1v) is 7.03. The minimum atomic E-state index is -1.61. The molecule has 1 N–H and O–H groups in total. The van der Waals surface area contributed by atoms with Crippen LogP contribution in [0.15, 0.2) is 42.5 Å². The molecule has 3 rings (SSSR count). The summed E-state index contributed by atoms with van der Waals surface area (Å²) in [5.41, 5.74) is 0.0279. The van der Waals surface area contributed by atoms with Gasteiger partial charge in [-0.05, 0) is 24.3 Å². The summed E-state index contributed by atoms with van der Waals surface area (Å²) < 4.78 is 53.3. The zero-order valence-electron chi connectivity index (χ0n) is 11.8. The van der Waals surface area contributed by atoms with E-state index in [9.17, 15) is 17.6 Å². The van der Waals surface area contributed by atoms with E-state index < -0.39 is 23.3 Å². The molecule has 3 nitrogen and oxygen atoms in total. The summed E-state index contributed by atoms with van der Waals surface area (Å²) in [7, 11) is 0. The molecule has 0 fully saturated rings. The van der Waals surface area contributed by atoms with Crippen molar-refractivity contribution in [3.8, 4) is 11.4 Å². The summed E-state index contributed by atoms with van der Waals surface area (Å²) in [5.74, 6) is -4.66. The molecule has 24 heavy (non-hydrogen) atoms. The molecule has 2 aromatic carbocycles. The number of nitrogens with zero attached hydrogens (tertiary/aromatic N) is 2. The van der Waals surface area contributed by atoms with Crippen molar-refractivity contribution in [3.05, 3.63) is 70.9 Å². The van der Waals surface area contributed by atoms with Gasteiger partial charge in [-0.2, -0.15) is 0 Å². The zero-order chi connectivity index (χ0) is 17.3. The molecule has 0 unspecified atom stereocenters. The van der Waals surface area contributed by atoms with E-state index in [0.29, 0.717) is 5.56 Å². The molecular weight excluding hydrogens is 346 g/mol. The number of aromatic nitrogens is 2. The van der Waals surface area contributed by atoms with Crippen molar-refractivity contribution in [1.82, 2.24) is 9.97 Å². The van der Waals surface area contributed by atoms with Crippen LogP contribution in [0.4, 0.5) is 29.1 Å². The van der Waals surface area contributed by atoms with E-state index in [4.69, 9.17) is 11.6 Å². The van der Waals surface area contributed by atoms with Gasteiger partial charge >= 0.3 is 0 Å². The SMILES string of the molecule is Fc1cccc(-c2nc(Cl)cc(Nc3ccc(F)c(F)c3F)n2)c1. The van der Waals surface area contributed by atoms with Gasteiger partial charge in [0, 0.05) is 11.6 Å². The Hall–Kier alpha value is -2.67. The Kier molecular flexibility index (Phi) is 4.35. The Morgan fingerprint density at radius 1 is 0.875 bits per heavy atom. The van der Waals surface area contributed by atoms with Gasteiger partial charge in [-0.25, -0.2) is 27.5 Å². The molecule has 0 amide bonds. The summed E-state index contributed by atoms with van der Waals surface area (Å²) in [6, 6.07) is 8.55. The van der Waals surface area contributed by atoms with Gasteiger partial charge in [0.05, 0.1) is 5.69 Å². The lowest BCUT2D eigenvalue weighted by atomic mass is 10.2. The summed E-state index contributed by atoms with van der Waals surface area (Å²) in [6.07, 6.45) is 0. The van der Waals surface area contributed by atoms with E-state index in [1.807, 2.05) is 0 Å². The molecule has 0 radical (unpaired) electrons. The van der Waals surface area contributed by atoms with Crippen LogP contribution in [0, 0.1) is 23.3 Å². The molecule has 122 valence electrons. The van der Waals surface area contributed by atoms with Gasteiger partial charge in [0.15, 0.2) is 23.3 Å². The molecule has 3 aromatic rings. The number of hydrogen-bond acceptors (Lipinski definition) is 3. The van der Waals surface area contributed by atoms with E-state index >= 15 is 0 Å². The van der Waals surface area contributed by atoms with Gasteiger partial charge in [0.25, 0.3) is 0 Å². The molecule has 8 heteroatoms. The largest absolute Gasteiger partial charge is 0.338 e. The average molecular weight is 354 g/mol. The van der Waals surface area contributed by atoms with Crippen LogP contribution in [0.25, 0.3) is 11.4 Å². The summed E-state index contributed by atoms with van der Waals surface area (Å²) in [6.45, 7) is 0. The fourth-order valence-corrected chi connectivity index (χ4v) is 2.18. The first kappa shape index (κ1) is 16.2. The number of halogens is 5. The fraction of sp³-hybridized carbons (Fsp3) is 0. The van der Waals surface area contributed by atoms with Crippen LogP contribution in [0.2, 0.25) is 5.15 Å². The van der Waals surface area contributed by atoms with E-state index in [1.165, 1.54) is 24.3 Å². The monoisotopic (exact) mass is 353 g/mol. The third-order valence-corrected chi connectivity index (χ3v) is 3.27. The Labute approximate surface area is 139 Å². The molecule has 0 saturated carbocycles. The van der Waals surface area contributed by atoms with Crippen molar-refractivity contribution in [2.75, 3.05) is 5.32 Å². The fourth-order valence-electron chi connectivity index (χ4n) is 2.00. The van der Waals surface area contributed by atoms with Crippen molar-refractivity contribution in [2.45, 2.75) is 0 Å². The van der Waals surface area contributed by atoms with Crippen molar-refractivity contribution < 1.29 is 17.6 Å². The molecule has 1 heterocycles. The van der Waals surface area contributed by atoms with Crippen LogP contribution in [-0.2, 0) is 0 Å². The van der Waals surface area contributed by atoms with Gasteiger partial charge in [0.1, 0.15) is 16.8 Å². The van der Waals surface area contributed by atoms with Crippen molar-refractivity contribution in [1.29, 1.82) is 0 Å². The Morgan fingerprint density at radius 2 is 1.67 bits per heavy atom. The highest BCUT2D eigenvalue weighted by molar-refractivity contribution is 6.29. The number of rotatable bonds is 3. The average Bonchev–Trinajstić information content (AvgIpc) is 2.55. The number of hydrogen-bond donors (Lipinski definition) is 1. The quantitative estimate of drug-likeness (QED) is 0.404. The zero-order valence-corrected chi connectivity index (χ0v) is 12.6. The van der Waals surface area contributed by atoms with E-state index in [1.54, 1.807) is 6.07 Å². The smallest absolute Gasteiger partial charge is 0.196 e. The third kappa shape index (κ3) is 3.30. The highest BCUT2D eigenvalue weighted by Crippen LogP contribution is 2.26. The second-order valence-electron chi connectivity index (χ2n) is 4.76. The van der Waals surface area contributed by atoms with E-state index in [-0.39, 0.29) is 22.5 Å². The predicted molar refractivity (Wildman–Crippen MR) is 82.0 cm³/mol. The minimum absolute atomic E-state index is 0.00903. The lowest BCUT2D eigenvalue weighted by molar-refractivity contribution is 0.449. The normalized spacial score (nSPS) is 10.7. The van der Waals surface area contributed by atoms with Crippen LogP contribution in [0.3, 0.4) is 0 Å². The second-order valence-corrected chi connectivity index (χ2v) is 5.15. The van der Waals surface area contributed by atoms with Gasteiger partial charge in [-0.1, -0.05) is 23.7 Å². The summed E-state index contributed by atoms with van der Waals surface area (Å²) >= 11 is 5.89. The van der Waals surface area contributed by atoms with E-state index in [2.05, 4.69) is 15.3 Å². The summed E-state index contributed by atoms with van der Waals surface area (Å²) in [4.78, 5) is 8.04. The maximum atomic E-state index is 13.7. The van der Waals surface area contributed by atoms with Gasteiger partial charge in [-0.15, -0.1) is 0 Å². The first-order chi connectivity index (χ1) is 11.4. The highest BCUT2D eigenvalue weighted by Gasteiger charge is 2.15. The number of benzene rings is 2. The number of nitrogens with one attached hydrogen (secondary N) is 1. The van der Waals surface area contributed by atoms with Gasteiger partial charge < -0.3 is 5.32 Å². The van der Waals surface area contributed by atoms with Crippen LogP contribution in [0.5, 0.6) is 0 Å². The van der Waals surface area contributed by atoms with Crippen LogP contribution in [-0.4, -0.2) is 9.97 Å². The molecule has 0 aliphatic carbocycles. The van der Waals surface area contributed by atoms with Gasteiger partial charge in [0.2, 0.25) is 0 Å². The minimum Gasteiger partial charge on any atom is -0.338 e. The third-order valence-electron chi connectivity index (χ3n) is 3.08. The Morgan fingerprint density at radius 3 is 2.42 bits per heavy atom. The predicted octanol–water partition coefficient (Wildman–Crippen LogP) is 5.10. The second kappa shape index (κ2) is 6.45. The highest BCUT2D eigenvalue weighted by atomic mass is 35.5. The lowest BCUT2D eigenvalue weighted by Gasteiger charge is -2.09. The summed E-state index contributed by atoms with van der Waals surface area (Å²) in [5, 5.41) is 2.50. The molecule has 1 aromatic heterocycles. The molecular formula is C16H8ClF4N3. The molecule has 0 atom stereocenters. The van der Waals surface area contributed by atoms with Crippen LogP contribution >= 0.6 is 11.6 Å².